The first kappa shape index (κ1) is 30.5. The fraction of sp³-hybridized carbons (Fsp3) is 0.679. The molecule has 2 N–H and O–H groups in total. The van der Waals surface area contributed by atoms with Gasteiger partial charge in [0.2, 0.25) is 11.8 Å². The molecule has 0 aliphatic carbocycles. The third-order valence-electron chi connectivity index (χ3n) is 5.64. The molecular weight excluding hydrogens is 442 g/mol. The lowest BCUT2D eigenvalue weighted by Gasteiger charge is -2.33. The van der Waals surface area contributed by atoms with E-state index < -0.39 is 23.8 Å². The van der Waals surface area contributed by atoms with Crippen LogP contribution in [0.15, 0.2) is 30.3 Å². The van der Waals surface area contributed by atoms with E-state index in [0.717, 1.165) is 56.9 Å². The Bertz CT molecular complexity index is 761. The lowest BCUT2D eigenvalue weighted by Crippen LogP contribution is -2.52. The third-order valence-corrected chi connectivity index (χ3v) is 5.64. The Hall–Kier alpha value is -2.57. The zero-order valence-corrected chi connectivity index (χ0v) is 22.7. The Kier molecular flexibility index (Phi) is 14.1. The van der Waals surface area contributed by atoms with Gasteiger partial charge in [-0.15, -0.1) is 0 Å². The molecule has 198 valence electrons. The fourth-order valence-corrected chi connectivity index (χ4v) is 3.84. The van der Waals surface area contributed by atoms with Crippen molar-refractivity contribution in [2.75, 3.05) is 13.1 Å². The van der Waals surface area contributed by atoms with E-state index in [0.29, 0.717) is 13.1 Å². The van der Waals surface area contributed by atoms with Crippen molar-refractivity contribution >= 4 is 17.9 Å². The summed E-state index contributed by atoms with van der Waals surface area (Å²) in [5.41, 5.74) is 0.0865. The molecule has 0 aliphatic rings. The molecule has 1 rings (SSSR count). The summed E-state index contributed by atoms with van der Waals surface area (Å²) in [6.07, 6.45) is 7.47. The van der Waals surface area contributed by atoms with Crippen LogP contribution in [0.2, 0.25) is 0 Å². The first-order valence-corrected chi connectivity index (χ1v) is 13.2. The summed E-state index contributed by atoms with van der Waals surface area (Å²) < 4.78 is 5.33. The topological polar surface area (TPSA) is 87.7 Å². The van der Waals surface area contributed by atoms with E-state index in [-0.39, 0.29) is 11.8 Å². The van der Waals surface area contributed by atoms with Crippen LogP contribution in [0.3, 0.4) is 0 Å². The van der Waals surface area contributed by atoms with Crippen LogP contribution in [0.5, 0.6) is 0 Å². The SMILES string of the molecule is CCCCCCCN(C(=O)C(C)NC(=O)OC(C)(C)C)C(C(=O)NCCCCC)c1ccccc1. The maximum Gasteiger partial charge on any atom is 0.408 e. The lowest BCUT2D eigenvalue weighted by atomic mass is 10.0. The van der Waals surface area contributed by atoms with Crippen LogP contribution in [0.1, 0.15) is 105 Å². The van der Waals surface area contributed by atoms with Crippen LogP contribution in [-0.2, 0) is 14.3 Å². The van der Waals surface area contributed by atoms with E-state index in [2.05, 4.69) is 24.5 Å². The summed E-state index contributed by atoms with van der Waals surface area (Å²) in [7, 11) is 0. The van der Waals surface area contributed by atoms with Crippen molar-refractivity contribution in [1.82, 2.24) is 15.5 Å². The number of alkyl carbamates (subject to hydrolysis) is 1. The molecule has 2 atom stereocenters. The van der Waals surface area contributed by atoms with Gasteiger partial charge >= 0.3 is 6.09 Å². The molecule has 0 saturated carbocycles. The molecular formula is C28H47N3O4. The molecule has 0 fully saturated rings. The summed E-state index contributed by atoms with van der Waals surface area (Å²) in [6.45, 7) is 12.2. The Labute approximate surface area is 212 Å². The number of unbranched alkanes of at least 4 members (excludes halogenated alkanes) is 6. The highest BCUT2D eigenvalue weighted by Crippen LogP contribution is 2.23. The van der Waals surface area contributed by atoms with Gasteiger partial charge in [0, 0.05) is 13.1 Å². The Morgan fingerprint density at radius 1 is 0.914 bits per heavy atom. The minimum absolute atomic E-state index is 0.196. The number of nitrogens with one attached hydrogen (secondary N) is 2. The average Bonchev–Trinajstić information content (AvgIpc) is 2.79. The molecule has 0 aliphatic heterocycles. The van der Waals surface area contributed by atoms with Crippen molar-refractivity contribution in [3.63, 3.8) is 0 Å². The van der Waals surface area contributed by atoms with Crippen LogP contribution in [-0.4, -0.2) is 47.5 Å². The highest BCUT2D eigenvalue weighted by Gasteiger charge is 2.34. The summed E-state index contributed by atoms with van der Waals surface area (Å²) in [4.78, 5) is 41.0. The molecule has 2 unspecified atom stereocenters. The van der Waals surface area contributed by atoms with Gasteiger partial charge in [0.15, 0.2) is 0 Å². The first-order valence-electron chi connectivity index (χ1n) is 13.2. The second kappa shape index (κ2) is 16.2. The Morgan fingerprint density at radius 2 is 1.51 bits per heavy atom. The second-order valence-electron chi connectivity index (χ2n) is 10.1. The predicted molar refractivity (Wildman–Crippen MR) is 141 cm³/mol. The van der Waals surface area contributed by atoms with Gasteiger partial charge in [0.05, 0.1) is 0 Å². The minimum Gasteiger partial charge on any atom is -0.444 e. The number of carbonyl (C=O) groups excluding carboxylic acids is 3. The van der Waals surface area contributed by atoms with Crippen molar-refractivity contribution in [2.24, 2.45) is 0 Å². The molecule has 3 amide bonds. The number of rotatable bonds is 15. The molecule has 1 aromatic carbocycles. The number of amides is 3. The molecule has 7 nitrogen and oxygen atoms in total. The van der Waals surface area contributed by atoms with Crippen molar-refractivity contribution in [3.05, 3.63) is 35.9 Å². The maximum atomic E-state index is 13.6. The highest BCUT2D eigenvalue weighted by molar-refractivity contribution is 5.91. The van der Waals surface area contributed by atoms with Crippen LogP contribution in [0.4, 0.5) is 4.79 Å². The van der Waals surface area contributed by atoms with Gasteiger partial charge in [-0.2, -0.15) is 0 Å². The first-order chi connectivity index (χ1) is 16.6. The average molecular weight is 490 g/mol. The normalized spacial score (nSPS) is 13.0. The number of hydrogen-bond acceptors (Lipinski definition) is 4. The number of ether oxygens (including phenoxy) is 1. The Balaban J connectivity index is 3.14. The van der Waals surface area contributed by atoms with Crippen molar-refractivity contribution in [1.29, 1.82) is 0 Å². The van der Waals surface area contributed by atoms with E-state index >= 15 is 0 Å². The minimum atomic E-state index is -0.834. The number of benzene rings is 1. The van der Waals surface area contributed by atoms with Gasteiger partial charge in [0.25, 0.3) is 0 Å². The maximum absolute atomic E-state index is 13.6. The molecule has 0 spiro atoms. The van der Waals surface area contributed by atoms with Crippen molar-refractivity contribution in [2.45, 2.75) is 111 Å². The smallest absolute Gasteiger partial charge is 0.408 e. The largest absolute Gasteiger partial charge is 0.444 e. The molecule has 0 bridgehead atoms. The zero-order valence-electron chi connectivity index (χ0n) is 22.7. The monoisotopic (exact) mass is 489 g/mol. The van der Waals surface area contributed by atoms with E-state index in [1.54, 1.807) is 32.6 Å². The van der Waals surface area contributed by atoms with Gasteiger partial charge in [-0.05, 0) is 46.1 Å². The number of carbonyl (C=O) groups is 3. The van der Waals surface area contributed by atoms with Gasteiger partial charge in [-0.1, -0.05) is 82.7 Å². The van der Waals surface area contributed by atoms with Gasteiger partial charge in [-0.25, -0.2) is 4.79 Å². The van der Waals surface area contributed by atoms with Crippen molar-refractivity contribution < 1.29 is 19.1 Å². The van der Waals surface area contributed by atoms with Crippen molar-refractivity contribution in [3.8, 4) is 0 Å². The summed E-state index contributed by atoms with van der Waals surface area (Å²) in [5.74, 6) is -0.498. The number of nitrogens with zero attached hydrogens (tertiary/aromatic N) is 1. The van der Waals surface area contributed by atoms with Gasteiger partial charge < -0.3 is 20.3 Å². The molecule has 0 aromatic heterocycles. The standard InChI is InChI=1S/C28H47N3O4/c1-7-9-11-12-17-21-31(26(33)22(3)30-27(34)35-28(4,5)6)24(23-18-14-13-15-19-23)25(32)29-20-16-10-8-2/h13-15,18-19,22,24H,7-12,16-17,20-21H2,1-6H3,(H,29,32)(H,30,34). The summed E-state index contributed by atoms with van der Waals surface area (Å²) in [6, 6.07) is 7.79. The molecule has 0 heterocycles. The highest BCUT2D eigenvalue weighted by atomic mass is 16.6. The van der Waals surface area contributed by atoms with E-state index in [4.69, 9.17) is 4.74 Å². The molecule has 0 saturated heterocycles. The van der Waals surface area contributed by atoms with E-state index in [1.807, 2.05) is 30.3 Å². The van der Waals surface area contributed by atoms with Gasteiger partial charge in [-0.3, -0.25) is 9.59 Å². The molecule has 0 radical (unpaired) electrons. The summed E-state index contributed by atoms with van der Waals surface area (Å²) in [5, 5.41) is 5.68. The quantitative estimate of drug-likeness (QED) is 0.307. The van der Waals surface area contributed by atoms with Crippen LogP contribution < -0.4 is 10.6 Å². The van der Waals surface area contributed by atoms with E-state index in [9.17, 15) is 14.4 Å². The summed E-state index contributed by atoms with van der Waals surface area (Å²) >= 11 is 0. The van der Waals surface area contributed by atoms with Crippen LogP contribution in [0.25, 0.3) is 0 Å². The fourth-order valence-electron chi connectivity index (χ4n) is 3.84. The predicted octanol–water partition coefficient (Wildman–Crippen LogP) is 5.75. The van der Waals surface area contributed by atoms with Crippen LogP contribution >= 0.6 is 0 Å². The zero-order chi connectivity index (χ0) is 26.3. The van der Waals surface area contributed by atoms with Crippen LogP contribution in [0, 0.1) is 0 Å². The van der Waals surface area contributed by atoms with Gasteiger partial charge in [0.1, 0.15) is 17.7 Å². The van der Waals surface area contributed by atoms with E-state index in [1.165, 1.54) is 0 Å². The number of hydrogen-bond donors (Lipinski definition) is 2. The second-order valence-corrected chi connectivity index (χ2v) is 10.1. The third kappa shape index (κ3) is 12.1. The molecule has 35 heavy (non-hydrogen) atoms. The lowest BCUT2D eigenvalue weighted by molar-refractivity contribution is -0.142. The molecule has 1 aromatic rings. The molecule has 7 heteroatoms. The Morgan fingerprint density at radius 3 is 2.11 bits per heavy atom.